The predicted molar refractivity (Wildman–Crippen MR) is 76.4 cm³/mol. The van der Waals surface area contributed by atoms with Crippen LogP contribution in [0.5, 0.6) is 0 Å². The van der Waals surface area contributed by atoms with E-state index < -0.39 is 0 Å². The second kappa shape index (κ2) is 6.67. The van der Waals surface area contributed by atoms with Crippen LogP contribution in [0.3, 0.4) is 0 Å². The normalized spacial score (nSPS) is 15.1. The number of nitrogens with zero attached hydrogens (tertiary/aromatic N) is 3. The molecule has 1 aliphatic heterocycles. The molecule has 2 heterocycles. The van der Waals surface area contributed by atoms with Crippen molar-refractivity contribution in [2.24, 2.45) is 4.99 Å². The molecule has 0 radical (unpaired) electrons. The number of ether oxygens (including phenoxy) is 2. The van der Waals surface area contributed by atoms with Crippen LogP contribution in [-0.4, -0.2) is 49.8 Å². The van der Waals surface area contributed by atoms with E-state index in [0.717, 1.165) is 30.0 Å². The Hall–Kier alpha value is -1.66. The third kappa shape index (κ3) is 3.46. The molecule has 2 rings (SSSR count). The third-order valence-electron chi connectivity index (χ3n) is 3.16. The first-order valence-electron chi connectivity index (χ1n) is 6.59. The number of hydrogen-bond donors (Lipinski definition) is 0. The summed E-state index contributed by atoms with van der Waals surface area (Å²) < 4.78 is 16.0. The van der Waals surface area contributed by atoms with Crippen LogP contribution in [0.25, 0.3) is 5.57 Å². The Morgan fingerprint density at radius 3 is 2.70 bits per heavy atom. The Bertz CT molecular complexity index is 504. The van der Waals surface area contributed by atoms with Gasteiger partial charge < -0.3 is 18.8 Å². The van der Waals surface area contributed by atoms with E-state index in [0.29, 0.717) is 12.6 Å². The van der Waals surface area contributed by atoms with Crippen LogP contribution in [0.1, 0.15) is 23.8 Å². The molecule has 0 bridgehead atoms. The lowest BCUT2D eigenvalue weighted by molar-refractivity contribution is -0.108. The van der Waals surface area contributed by atoms with E-state index in [1.54, 1.807) is 14.2 Å². The predicted octanol–water partition coefficient (Wildman–Crippen LogP) is 1.99. The van der Waals surface area contributed by atoms with Crippen LogP contribution in [0.4, 0.5) is 0 Å². The molecule has 0 N–H and O–H groups in total. The minimum absolute atomic E-state index is 0.188. The van der Waals surface area contributed by atoms with Gasteiger partial charge in [0.15, 0.2) is 17.9 Å². The molecule has 0 aliphatic carbocycles. The Balaban J connectivity index is 2.04. The van der Waals surface area contributed by atoms with Crippen LogP contribution < -0.4 is 0 Å². The molecule has 1 aromatic heterocycles. The van der Waals surface area contributed by atoms with E-state index in [9.17, 15) is 0 Å². The Kier molecular flexibility index (Phi) is 4.92. The lowest BCUT2D eigenvalue weighted by Crippen LogP contribution is -2.26. The topological polar surface area (TPSA) is 60.1 Å². The SMILES string of the molecule is COC(CCN1C=C(c2oc(C)nc2C)C=NC1)OC. The van der Waals surface area contributed by atoms with Gasteiger partial charge in [0.25, 0.3) is 0 Å². The van der Waals surface area contributed by atoms with Crippen LogP contribution in [0, 0.1) is 13.8 Å². The molecule has 110 valence electrons. The van der Waals surface area contributed by atoms with Crippen LogP contribution in [0.2, 0.25) is 0 Å². The van der Waals surface area contributed by atoms with Gasteiger partial charge in [-0.3, -0.25) is 4.99 Å². The molecule has 6 heteroatoms. The number of hydrogen-bond acceptors (Lipinski definition) is 6. The van der Waals surface area contributed by atoms with Gasteiger partial charge in [0.05, 0.1) is 11.3 Å². The first-order valence-corrected chi connectivity index (χ1v) is 6.59. The number of aliphatic imine (C=N–C) groups is 1. The lowest BCUT2D eigenvalue weighted by Gasteiger charge is -2.24. The summed E-state index contributed by atoms with van der Waals surface area (Å²) in [6.07, 6.45) is 4.46. The molecular weight excluding hydrogens is 258 g/mol. The molecule has 0 aromatic carbocycles. The van der Waals surface area contributed by atoms with E-state index in [4.69, 9.17) is 13.9 Å². The summed E-state index contributed by atoms with van der Waals surface area (Å²) in [5.41, 5.74) is 1.83. The Labute approximate surface area is 119 Å². The van der Waals surface area contributed by atoms with Gasteiger partial charge in [-0.1, -0.05) is 0 Å². The first kappa shape index (κ1) is 14.7. The average Bonchev–Trinajstić information content (AvgIpc) is 2.79. The number of allylic oxidation sites excluding steroid dienone is 1. The van der Waals surface area contributed by atoms with Gasteiger partial charge in [-0.2, -0.15) is 0 Å². The molecular formula is C14H21N3O3. The van der Waals surface area contributed by atoms with Gasteiger partial charge in [0, 0.05) is 46.5 Å². The summed E-state index contributed by atoms with van der Waals surface area (Å²) in [7, 11) is 3.29. The smallest absolute Gasteiger partial charge is 0.192 e. The maximum Gasteiger partial charge on any atom is 0.192 e. The lowest BCUT2D eigenvalue weighted by atomic mass is 10.2. The van der Waals surface area contributed by atoms with E-state index in [-0.39, 0.29) is 6.29 Å². The van der Waals surface area contributed by atoms with Gasteiger partial charge in [-0.05, 0) is 6.92 Å². The number of aromatic nitrogens is 1. The molecule has 0 spiro atoms. The third-order valence-corrected chi connectivity index (χ3v) is 3.16. The zero-order chi connectivity index (χ0) is 14.5. The Morgan fingerprint density at radius 1 is 1.35 bits per heavy atom. The molecule has 20 heavy (non-hydrogen) atoms. The second-order valence-corrected chi connectivity index (χ2v) is 4.69. The summed E-state index contributed by atoms with van der Waals surface area (Å²) in [6, 6.07) is 0. The van der Waals surface area contributed by atoms with Crippen molar-refractivity contribution >= 4 is 11.8 Å². The summed E-state index contributed by atoms with van der Waals surface area (Å²) in [5.74, 6) is 1.45. The van der Waals surface area contributed by atoms with Crippen molar-refractivity contribution < 1.29 is 13.9 Å². The molecule has 1 aliphatic rings. The fourth-order valence-corrected chi connectivity index (χ4v) is 2.17. The van der Waals surface area contributed by atoms with Gasteiger partial charge >= 0.3 is 0 Å². The highest BCUT2D eigenvalue weighted by Gasteiger charge is 2.16. The molecule has 0 saturated heterocycles. The summed E-state index contributed by atoms with van der Waals surface area (Å²) in [4.78, 5) is 10.8. The van der Waals surface area contributed by atoms with Gasteiger partial charge in [0.2, 0.25) is 0 Å². The van der Waals surface area contributed by atoms with Crippen molar-refractivity contribution in [3.63, 3.8) is 0 Å². The zero-order valence-electron chi connectivity index (χ0n) is 12.4. The summed E-state index contributed by atoms with van der Waals surface area (Å²) >= 11 is 0. The van der Waals surface area contributed by atoms with Gasteiger partial charge in [-0.15, -0.1) is 0 Å². The van der Waals surface area contributed by atoms with Crippen LogP contribution >= 0.6 is 0 Å². The minimum atomic E-state index is -0.188. The summed E-state index contributed by atoms with van der Waals surface area (Å²) in [6.45, 7) is 5.22. The first-order chi connectivity index (χ1) is 9.63. The molecule has 6 nitrogen and oxygen atoms in total. The zero-order valence-corrected chi connectivity index (χ0v) is 12.4. The molecule has 0 unspecified atom stereocenters. The van der Waals surface area contributed by atoms with Crippen LogP contribution in [0.15, 0.2) is 15.6 Å². The molecule has 0 amide bonds. The van der Waals surface area contributed by atoms with Crippen molar-refractivity contribution in [1.29, 1.82) is 0 Å². The molecule has 0 fully saturated rings. The standard InChI is InChI=1S/C14H21N3O3/c1-10-14(20-11(2)16-10)12-7-15-9-17(8-12)6-5-13(18-3)19-4/h7-8,13H,5-6,9H2,1-4H3. The maximum absolute atomic E-state index is 5.62. The number of oxazole rings is 1. The van der Waals surface area contributed by atoms with E-state index >= 15 is 0 Å². The highest BCUT2D eigenvalue weighted by atomic mass is 16.7. The number of rotatable bonds is 6. The summed E-state index contributed by atoms with van der Waals surface area (Å²) in [5, 5.41) is 0. The fraction of sp³-hybridized carbons (Fsp3) is 0.571. The average molecular weight is 279 g/mol. The highest BCUT2D eigenvalue weighted by molar-refractivity contribution is 6.09. The van der Waals surface area contributed by atoms with Gasteiger partial charge in [-0.25, -0.2) is 4.98 Å². The Morgan fingerprint density at radius 2 is 2.10 bits per heavy atom. The van der Waals surface area contributed by atoms with E-state index in [1.165, 1.54) is 0 Å². The van der Waals surface area contributed by atoms with Crippen molar-refractivity contribution in [1.82, 2.24) is 9.88 Å². The number of methoxy groups -OCH3 is 2. The number of aryl methyl sites for hydroxylation is 2. The maximum atomic E-state index is 5.62. The fourth-order valence-electron chi connectivity index (χ4n) is 2.17. The largest absolute Gasteiger partial charge is 0.441 e. The van der Waals surface area contributed by atoms with Crippen molar-refractivity contribution in [2.45, 2.75) is 26.6 Å². The molecule has 0 saturated carbocycles. The van der Waals surface area contributed by atoms with E-state index in [2.05, 4.69) is 14.9 Å². The molecule has 1 aromatic rings. The quantitative estimate of drug-likeness (QED) is 0.745. The highest BCUT2D eigenvalue weighted by Crippen LogP contribution is 2.21. The van der Waals surface area contributed by atoms with Gasteiger partial charge in [0.1, 0.15) is 6.67 Å². The van der Waals surface area contributed by atoms with Crippen molar-refractivity contribution in [2.75, 3.05) is 27.4 Å². The van der Waals surface area contributed by atoms with E-state index in [1.807, 2.05) is 26.3 Å². The van der Waals surface area contributed by atoms with Crippen LogP contribution in [-0.2, 0) is 9.47 Å². The molecule has 0 atom stereocenters. The van der Waals surface area contributed by atoms with Crippen molar-refractivity contribution in [3.8, 4) is 0 Å². The van der Waals surface area contributed by atoms with Crippen molar-refractivity contribution in [3.05, 3.63) is 23.5 Å². The monoisotopic (exact) mass is 279 g/mol. The minimum Gasteiger partial charge on any atom is -0.441 e. The second-order valence-electron chi connectivity index (χ2n) is 4.69.